The summed E-state index contributed by atoms with van der Waals surface area (Å²) in [5.74, 6) is -0.231. The third-order valence-corrected chi connectivity index (χ3v) is 6.61. The molecule has 2 N–H and O–H groups in total. The van der Waals surface area contributed by atoms with E-state index in [4.69, 9.17) is 0 Å². The average molecular weight is 380 g/mol. The lowest BCUT2D eigenvalue weighted by Gasteiger charge is -2.50. The Morgan fingerprint density at radius 3 is 2.54 bits per heavy atom. The Morgan fingerprint density at radius 1 is 1.18 bits per heavy atom. The zero-order chi connectivity index (χ0) is 19.7. The van der Waals surface area contributed by atoms with Crippen molar-refractivity contribution < 1.29 is 4.79 Å². The van der Waals surface area contributed by atoms with Gasteiger partial charge in [0.15, 0.2) is 0 Å². The number of rotatable bonds is 4. The lowest BCUT2D eigenvalue weighted by Crippen LogP contribution is -2.54. The number of carbonyl (C=O) groups excluding carboxylic acids is 1. The van der Waals surface area contributed by atoms with Crippen molar-refractivity contribution in [3.63, 3.8) is 0 Å². The molecule has 1 saturated carbocycles. The van der Waals surface area contributed by atoms with Gasteiger partial charge in [0.2, 0.25) is 0 Å². The number of piperidine rings is 1. The maximum absolute atomic E-state index is 13.1. The Kier molecular flexibility index (Phi) is 5.11. The minimum absolute atomic E-state index is 0.123. The third kappa shape index (κ3) is 3.51. The molecule has 1 aromatic heterocycles. The highest BCUT2D eigenvalue weighted by molar-refractivity contribution is 5.95. The van der Waals surface area contributed by atoms with Gasteiger partial charge >= 0.3 is 0 Å². The van der Waals surface area contributed by atoms with Crippen molar-refractivity contribution in [1.82, 2.24) is 15.2 Å². The van der Waals surface area contributed by atoms with Gasteiger partial charge in [0.25, 0.3) is 11.5 Å². The van der Waals surface area contributed by atoms with Crippen molar-refractivity contribution in [1.29, 1.82) is 0 Å². The predicted octanol–water partition coefficient (Wildman–Crippen LogP) is 3.03. The van der Waals surface area contributed by atoms with Crippen LogP contribution >= 0.6 is 0 Å². The molecule has 1 saturated heterocycles. The summed E-state index contributed by atoms with van der Waals surface area (Å²) in [4.78, 5) is 26.1. The lowest BCUT2D eigenvalue weighted by molar-refractivity contribution is 0.0422. The highest BCUT2D eigenvalue weighted by Crippen LogP contribution is 2.47. The molecule has 148 valence electrons. The van der Waals surface area contributed by atoms with Gasteiger partial charge in [-0.15, -0.1) is 0 Å². The fraction of sp³-hybridized carbons (Fsp3) is 0.478. The van der Waals surface area contributed by atoms with Gasteiger partial charge in [-0.25, -0.2) is 0 Å². The molecule has 1 atom stereocenters. The van der Waals surface area contributed by atoms with Crippen LogP contribution < -0.4 is 16.2 Å². The first kappa shape index (κ1) is 18.9. The fourth-order valence-corrected chi connectivity index (χ4v) is 4.82. The van der Waals surface area contributed by atoms with Crippen LogP contribution in [0.1, 0.15) is 60.1 Å². The number of benzene rings is 1. The summed E-state index contributed by atoms with van der Waals surface area (Å²) >= 11 is 0. The summed E-state index contributed by atoms with van der Waals surface area (Å²) in [6.45, 7) is 5.96. The first-order chi connectivity index (χ1) is 13.5. The van der Waals surface area contributed by atoms with Gasteiger partial charge in [-0.2, -0.15) is 0 Å². The Morgan fingerprint density at radius 2 is 1.86 bits per heavy atom. The van der Waals surface area contributed by atoms with Crippen LogP contribution in [0.15, 0.2) is 47.4 Å². The van der Waals surface area contributed by atoms with E-state index >= 15 is 0 Å². The van der Waals surface area contributed by atoms with Gasteiger partial charge in [0.1, 0.15) is 5.56 Å². The van der Waals surface area contributed by atoms with E-state index in [9.17, 15) is 9.59 Å². The van der Waals surface area contributed by atoms with E-state index in [0.29, 0.717) is 5.41 Å². The molecular formula is C23H29N3O2. The largest absolute Gasteiger partial charge is 0.349 e. The van der Waals surface area contributed by atoms with Crippen molar-refractivity contribution in [2.45, 2.75) is 51.6 Å². The minimum atomic E-state index is -0.231. The van der Waals surface area contributed by atoms with E-state index in [1.807, 2.05) is 50.2 Å². The molecular weight excluding hydrogens is 350 g/mol. The van der Waals surface area contributed by atoms with Crippen LogP contribution in [0.25, 0.3) is 0 Å². The molecule has 1 unspecified atom stereocenters. The molecule has 1 aliphatic heterocycles. The van der Waals surface area contributed by atoms with E-state index in [0.717, 1.165) is 37.1 Å². The maximum Gasteiger partial charge on any atom is 0.264 e. The van der Waals surface area contributed by atoms with E-state index in [-0.39, 0.29) is 29.1 Å². The van der Waals surface area contributed by atoms with Crippen LogP contribution in [0, 0.1) is 12.3 Å². The quantitative estimate of drug-likeness (QED) is 0.858. The molecule has 4 rings (SSSR count). The third-order valence-electron chi connectivity index (χ3n) is 6.61. The van der Waals surface area contributed by atoms with Gasteiger partial charge < -0.3 is 15.2 Å². The number of pyridine rings is 1. The monoisotopic (exact) mass is 379 g/mol. The summed E-state index contributed by atoms with van der Waals surface area (Å²) in [5.41, 5.74) is 2.24. The number of nitrogens with one attached hydrogen (secondary N) is 2. The molecule has 1 spiro atoms. The fourth-order valence-electron chi connectivity index (χ4n) is 4.82. The number of amides is 1. The van der Waals surface area contributed by atoms with E-state index in [1.54, 1.807) is 10.8 Å². The smallest absolute Gasteiger partial charge is 0.264 e. The molecule has 0 bridgehead atoms. The van der Waals surface area contributed by atoms with Crippen molar-refractivity contribution in [3.05, 3.63) is 69.6 Å². The van der Waals surface area contributed by atoms with Gasteiger partial charge in [0.05, 0.1) is 6.04 Å². The van der Waals surface area contributed by atoms with E-state index in [2.05, 4.69) is 10.6 Å². The second-order valence-electron chi connectivity index (χ2n) is 8.50. The standard InChI is InChI=1S/C23H29N3O2/c1-16-8-13-26(17(2)18-6-4-3-5-7-18)22(28)20(16)21(27)25-19-14-23(15-19)9-11-24-12-10-23/h3-8,13,17,19,24H,9-12,14-15H2,1-2H3,(H,25,27). The molecule has 1 amide bonds. The summed E-state index contributed by atoms with van der Waals surface area (Å²) < 4.78 is 1.66. The highest BCUT2D eigenvalue weighted by atomic mass is 16.2. The Labute approximate surface area is 166 Å². The SMILES string of the molecule is Cc1ccn(C(C)c2ccccc2)c(=O)c1C(=O)NC1CC2(CCNCC2)C1. The van der Waals surface area contributed by atoms with Crippen LogP contribution in [0.2, 0.25) is 0 Å². The second kappa shape index (κ2) is 7.55. The number of hydrogen-bond donors (Lipinski definition) is 2. The second-order valence-corrected chi connectivity index (χ2v) is 8.50. The summed E-state index contributed by atoms with van der Waals surface area (Å²) in [5, 5.41) is 6.52. The lowest BCUT2D eigenvalue weighted by atomic mass is 9.60. The van der Waals surface area contributed by atoms with Crippen LogP contribution in [0.3, 0.4) is 0 Å². The summed E-state index contributed by atoms with van der Waals surface area (Å²) in [6, 6.07) is 11.8. The number of hydrogen-bond acceptors (Lipinski definition) is 3. The van der Waals surface area contributed by atoms with Crippen LogP contribution in [0.5, 0.6) is 0 Å². The molecule has 2 fully saturated rings. The zero-order valence-corrected chi connectivity index (χ0v) is 16.7. The molecule has 1 aliphatic carbocycles. The number of aryl methyl sites for hydroxylation is 1. The van der Waals surface area contributed by atoms with Crippen LogP contribution in [-0.2, 0) is 0 Å². The first-order valence-corrected chi connectivity index (χ1v) is 10.3. The molecule has 2 aliphatic rings. The molecule has 2 aromatic rings. The summed E-state index contributed by atoms with van der Waals surface area (Å²) in [6.07, 6.45) is 6.22. The molecule has 2 heterocycles. The van der Waals surface area contributed by atoms with Crippen molar-refractivity contribution >= 4 is 5.91 Å². The normalized spacial score (nSPS) is 19.8. The predicted molar refractivity (Wildman–Crippen MR) is 111 cm³/mol. The van der Waals surface area contributed by atoms with Crippen LogP contribution in [0.4, 0.5) is 0 Å². The van der Waals surface area contributed by atoms with Crippen LogP contribution in [-0.4, -0.2) is 29.6 Å². The number of carbonyl (C=O) groups is 1. The van der Waals surface area contributed by atoms with Gasteiger partial charge in [-0.1, -0.05) is 30.3 Å². The summed E-state index contributed by atoms with van der Waals surface area (Å²) in [7, 11) is 0. The van der Waals surface area contributed by atoms with Gasteiger partial charge in [-0.3, -0.25) is 9.59 Å². The molecule has 5 heteroatoms. The molecule has 1 aromatic carbocycles. The topological polar surface area (TPSA) is 63.1 Å². The van der Waals surface area contributed by atoms with E-state index in [1.165, 1.54) is 12.8 Å². The van der Waals surface area contributed by atoms with Crippen molar-refractivity contribution in [2.75, 3.05) is 13.1 Å². The maximum atomic E-state index is 13.1. The molecule has 28 heavy (non-hydrogen) atoms. The van der Waals surface area contributed by atoms with Crippen molar-refractivity contribution in [2.24, 2.45) is 5.41 Å². The zero-order valence-electron chi connectivity index (χ0n) is 16.7. The number of aromatic nitrogens is 1. The Balaban J connectivity index is 1.51. The molecule has 0 radical (unpaired) electrons. The number of nitrogens with zero attached hydrogens (tertiary/aromatic N) is 1. The average Bonchev–Trinajstić information content (AvgIpc) is 2.68. The van der Waals surface area contributed by atoms with Crippen molar-refractivity contribution in [3.8, 4) is 0 Å². The Bertz CT molecular complexity index is 905. The minimum Gasteiger partial charge on any atom is -0.349 e. The Hall–Kier alpha value is -2.40. The highest BCUT2D eigenvalue weighted by Gasteiger charge is 2.45. The first-order valence-electron chi connectivity index (χ1n) is 10.3. The van der Waals surface area contributed by atoms with Gasteiger partial charge in [0, 0.05) is 12.2 Å². The van der Waals surface area contributed by atoms with Gasteiger partial charge in [-0.05, 0) is 75.2 Å². The van der Waals surface area contributed by atoms with E-state index < -0.39 is 0 Å². The molecule has 5 nitrogen and oxygen atoms in total.